The summed E-state index contributed by atoms with van der Waals surface area (Å²) in [6.07, 6.45) is -0.104. The predicted molar refractivity (Wildman–Crippen MR) is 85.1 cm³/mol. The molecule has 7 heteroatoms. The maximum Gasteiger partial charge on any atom is 0.338 e. The van der Waals surface area contributed by atoms with E-state index in [4.69, 9.17) is 9.47 Å². The van der Waals surface area contributed by atoms with E-state index in [1.54, 1.807) is 19.1 Å². The van der Waals surface area contributed by atoms with Crippen LogP contribution >= 0.6 is 0 Å². The summed E-state index contributed by atoms with van der Waals surface area (Å²) in [6.45, 7) is 9.16. The number of esters is 1. The van der Waals surface area contributed by atoms with Crippen LogP contribution < -0.4 is 5.01 Å². The van der Waals surface area contributed by atoms with Crippen molar-refractivity contribution >= 4 is 11.7 Å². The van der Waals surface area contributed by atoms with E-state index in [2.05, 4.69) is 21.8 Å². The first-order chi connectivity index (χ1) is 11.2. The molecular weight excluding hydrogens is 296 g/mol. The number of hydrogen-bond acceptors (Lipinski definition) is 7. The first kappa shape index (κ1) is 15.6. The van der Waals surface area contributed by atoms with Gasteiger partial charge in [-0.2, -0.15) is 0 Å². The highest BCUT2D eigenvalue weighted by molar-refractivity contribution is 5.89. The van der Waals surface area contributed by atoms with Crippen LogP contribution in [-0.2, 0) is 9.47 Å². The maximum absolute atomic E-state index is 11.7. The summed E-state index contributed by atoms with van der Waals surface area (Å²) in [4.78, 5) is 14.0. The van der Waals surface area contributed by atoms with E-state index >= 15 is 0 Å². The Morgan fingerprint density at radius 1 is 1.35 bits per heavy atom. The van der Waals surface area contributed by atoms with Gasteiger partial charge in [0.25, 0.3) is 0 Å². The first-order valence-corrected chi connectivity index (χ1v) is 7.69. The van der Waals surface area contributed by atoms with Crippen molar-refractivity contribution in [2.75, 3.05) is 37.9 Å². The Morgan fingerprint density at radius 2 is 2.04 bits per heavy atom. The smallest absolute Gasteiger partial charge is 0.338 e. The van der Waals surface area contributed by atoms with Crippen molar-refractivity contribution in [2.45, 2.75) is 13.1 Å². The first-order valence-electron chi connectivity index (χ1n) is 7.69. The molecule has 1 fully saturated rings. The van der Waals surface area contributed by atoms with E-state index in [1.807, 2.05) is 17.1 Å². The third-order valence-electron chi connectivity index (χ3n) is 3.83. The number of hydrogen-bond donors (Lipinski definition) is 0. The second-order valence-electron chi connectivity index (χ2n) is 5.31. The molecule has 0 aliphatic carbocycles. The van der Waals surface area contributed by atoms with Crippen LogP contribution in [-0.4, -0.2) is 49.9 Å². The average molecular weight is 316 g/mol. The molecule has 0 saturated carbocycles. The molecule has 0 spiro atoms. The molecule has 23 heavy (non-hydrogen) atoms. The Morgan fingerprint density at radius 3 is 2.70 bits per heavy atom. The van der Waals surface area contributed by atoms with Gasteiger partial charge in [0.05, 0.1) is 36.8 Å². The predicted octanol–water partition coefficient (Wildman–Crippen LogP) is 2.22. The Labute approximate surface area is 135 Å². The summed E-state index contributed by atoms with van der Waals surface area (Å²) >= 11 is 0. The number of nitrogens with zero attached hydrogens (tertiary/aromatic N) is 4. The van der Waals surface area contributed by atoms with Crippen molar-refractivity contribution in [1.29, 1.82) is 0 Å². The third kappa shape index (κ3) is 3.25. The Hall–Kier alpha value is -2.25. The van der Waals surface area contributed by atoms with Crippen LogP contribution in [0.15, 0.2) is 46.9 Å². The van der Waals surface area contributed by atoms with Gasteiger partial charge in [0, 0.05) is 13.1 Å². The van der Waals surface area contributed by atoms with Crippen molar-refractivity contribution in [3.05, 3.63) is 42.1 Å². The summed E-state index contributed by atoms with van der Waals surface area (Å²) in [5, 5.41) is 10.2. The van der Waals surface area contributed by atoms with Gasteiger partial charge in [-0.25, -0.2) is 9.80 Å². The van der Waals surface area contributed by atoms with E-state index in [9.17, 15) is 4.79 Å². The molecule has 0 bridgehead atoms. The fraction of sp³-hybridized carbons (Fsp3) is 0.438. The number of anilines is 1. The third-order valence-corrected chi connectivity index (χ3v) is 3.83. The second-order valence-corrected chi connectivity index (χ2v) is 5.31. The van der Waals surface area contributed by atoms with E-state index in [1.165, 1.54) is 0 Å². The minimum Gasteiger partial charge on any atom is -0.462 e. The molecule has 1 atom stereocenters. The Kier molecular flexibility index (Phi) is 4.68. The lowest BCUT2D eigenvalue weighted by molar-refractivity contribution is 0.0247. The molecule has 7 nitrogen and oxygen atoms in total. The minimum atomic E-state index is -0.323. The van der Waals surface area contributed by atoms with Crippen LogP contribution in [0.25, 0.3) is 0 Å². The van der Waals surface area contributed by atoms with E-state index in [-0.39, 0.29) is 12.1 Å². The molecule has 1 aromatic carbocycles. The van der Waals surface area contributed by atoms with Crippen LogP contribution in [0.5, 0.6) is 0 Å². The molecule has 2 heterocycles. The van der Waals surface area contributed by atoms with E-state index < -0.39 is 0 Å². The van der Waals surface area contributed by atoms with E-state index in [0.717, 1.165) is 18.8 Å². The van der Waals surface area contributed by atoms with Crippen molar-refractivity contribution in [3.8, 4) is 0 Å². The van der Waals surface area contributed by atoms with Crippen molar-refractivity contribution < 1.29 is 14.3 Å². The standard InChI is InChI=1S/C16H20N4O3/c1-3-23-16(21)13-4-6-14(7-5-13)20-15(12(2)17-18-20)19-8-10-22-11-9-19/h4-7,15H,2-3,8-11H2,1H3. The molecular formula is C16H20N4O3. The Balaban J connectivity index is 1.77. The number of ether oxygens (including phenoxy) is 2. The summed E-state index contributed by atoms with van der Waals surface area (Å²) < 4.78 is 10.4. The molecule has 2 aliphatic heterocycles. The number of morpholine rings is 1. The number of carbonyl (C=O) groups excluding carboxylic acids is 1. The quantitative estimate of drug-likeness (QED) is 0.797. The molecule has 2 aliphatic rings. The number of rotatable bonds is 4. The lowest BCUT2D eigenvalue weighted by atomic mass is 10.2. The van der Waals surface area contributed by atoms with Gasteiger partial charge in [0.15, 0.2) is 6.17 Å². The van der Waals surface area contributed by atoms with Gasteiger partial charge in [-0.1, -0.05) is 11.8 Å². The zero-order chi connectivity index (χ0) is 16.2. The fourth-order valence-corrected chi connectivity index (χ4v) is 2.69. The molecule has 0 N–H and O–H groups in total. The van der Waals surface area contributed by atoms with Gasteiger partial charge in [-0.05, 0) is 31.2 Å². The zero-order valence-electron chi connectivity index (χ0n) is 13.1. The highest BCUT2D eigenvalue weighted by Gasteiger charge is 2.34. The van der Waals surface area contributed by atoms with Crippen LogP contribution in [0.3, 0.4) is 0 Å². The van der Waals surface area contributed by atoms with Crippen LogP contribution in [0.4, 0.5) is 5.69 Å². The van der Waals surface area contributed by atoms with E-state index in [0.29, 0.717) is 31.1 Å². The molecule has 122 valence electrons. The average Bonchev–Trinajstić information content (AvgIpc) is 2.97. The van der Waals surface area contributed by atoms with Crippen molar-refractivity contribution in [2.24, 2.45) is 10.3 Å². The fourth-order valence-electron chi connectivity index (χ4n) is 2.69. The van der Waals surface area contributed by atoms with Gasteiger partial charge in [-0.3, -0.25) is 4.90 Å². The number of benzene rings is 1. The number of carbonyl (C=O) groups is 1. The van der Waals surface area contributed by atoms with Crippen LogP contribution in [0, 0.1) is 0 Å². The highest BCUT2D eigenvalue weighted by atomic mass is 16.5. The van der Waals surface area contributed by atoms with Crippen LogP contribution in [0.1, 0.15) is 17.3 Å². The van der Waals surface area contributed by atoms with Crippen LogP contribution in [0.2, 0.25) is 0 Å². The van der Waals surface area contributed by atoms with Gasteiger partial charge in [-0.15, -0.1) is 5.11 Å². The van der Waals surface area contributed by atoms with Gasteiger partial charge in [0.1, 0.15) is 0 Å². The molecule has 1 aromatic rings. The lowest BCUT2D eigenvalue weighted by Crippen LogP contribution is -2.49. The molecule has 1 saturated heterocycles. The second kappa shape index (κ2) is 6.89. The molecule has 0 amide bonds. The zero-order valence-corrected chi connectivity index (χ0v) is 13.1. The SMILES string of the molecule is C=C1N=NN(c2ccc(C(=O)OCC)cc2)C1N1CCOCC1. The summed E-state index contributed by atoms with van der Waals surface area (Å²) in [6, 6.07) is 7.16. The largest absolute Gasteiger partial charge is 0.462 e. The van der Waals surface area contributed by atoms with Crippen molar-refractivity contribution in [1.82, 2.24) is 4.90 Å². The molecule has 0 radical (unpaired) electrons. The van der Waals surface area contributed by atoms with Gasteiger partial charge in [0.2, 0.25) is 0 Å². The topological polar surface area (TPSA) is 66.7 Å². The highest BCUT2D eigenvalue weighted by Crippen LogP contribution is 2.30. The molecule has 0 aromatic heterocycles. The van der Waals surface area contributed by atoms with Crippen molar-refractivity contribution in [3.63, 3.8) is 0 Å². The normalized spacial score (nSPS) is 21.7. The summed E-state index contributed by atoms with van der Waals surface area (Å²) in [7, 11) is 0. The Bertz CT molecular complexity index is 608. The summed E-state index contributed by atoms with van der Waals surface area (Å²) in [5.74, 6) is -0.323. The van der Waals surface area contributed by atoms with Gasteiger partial charge < -0.3 is 9.47 Å². The molecule has 1 unspecified atom stereocenters. The minimum absolute atomic E-state index is 0.104. The maximum atomic E-state index is 11.7. The molecule has 3 rings (SSSR count). The lowest BCUT2D eigenvalue weighted by Gasteiger charge is -2.35. The summed E-state index contributed by atoms with van der Waals surface area (Å²) in [5.41, 5.74) is 2.09. The monoisotopic (exact) mass is 316 g/mol. The van der Waals surface area contributed by atoms with Gasteiger partial charge >= 0.3 is 5.97 Å².